The topological polar surface area (TPSA) is 105 Å². The van der Waals surface area contributed by atoms with E-state index in [2.05, 4.69) is 10.2 Å². The van der Waals surface area contributed by atoms with Gasteiger partial charge < -0.3 is 15.4 Å². The van der Waals surface area contributed by atoms with Gasteiger partial charge in [0.25, 0.3) is 5.91 Å². The fourth-order valence-electron chi connectivity index (χ4n) is 5.76. The summed E-state index contributed by atoms with van der Waals surface area (Å²) in [7, 11) is 0. The van der Waals surface area contributed by atoms with E-state index in [4.69, 9.17) is 10.5 Å². The normalized spacial score (nSPS) is 28.7. The van der Waals surface area contributed by atoms with E-state index in [0.29, 0.717) is 25.1 Å². The molecule has 4 aliphatic rings. The zero-order chi connectivity index (χ0) is 21.6. The van der Waals surface area contributed by atoms with Crippen LogP contribution in [0.15, 0.2) is 18.2 Å². The minimum Gasteiger partial charge on any atom is -0.381 e. The number of nitrogens with zero attached hydrogens (tertiary/aromatic N) is 2. The zero-order valence-electron chi connectivity index (χ0n) is 17.8. The molecule has 2 unspecified atom stereocenters. The lowest BCUT2D eigenvalue weighted by Crippen LogP contribution is -2.59. The Morgan fingerprint density at radius 3 is 2.71 bits per heavy atom. The maximum atomic E-state index is 13.4. The van der Waals surface area contributed by atoms with Gasteiger partial charge in [-0.25, -0.2) is 0 Å². The molecule has 0 aromatic heterocycles. The van der Waals surface area contributed by atoms with Gasteiger partial charge in [0.2, 0.25) is 11.8 Å². The highest BCUT2D eigenvalue weighted by Crippen LogP contribution is 2.39. The zero-order valence-corrected chi connectivity index (χ0v) is 17.8. The molecule has 31 heavy (non-hydrogen) atoms. The maximum absolute atomic E-state index is 13.4. The van der Waals surface area contributed by atoms with Crippen LogP contribution in [-0.4, -0.2) is 64.9 Å². The molecule has 0 aliphatic carbocycles. The van der Waals surface area contributed by atoms with Gasteiger partial charge in [0.15, 0.2) is 0 Å². The van der Waals surface area contributed by atoms with Crippen molar-refractivity contribution in [2.75, 3.05) is 19.8 Å². The van der Waals surface area contributed by atoms with E-state index < -0.39 is 6.04 Å². The Labute approximate surface area is 182 Å². The first kappa shape index (κ1) is 20.6. The lowest BCUT2D eigenvalue weighted by molar-refractivity contribution is -0.136. The first-order valence-corrected chi connectivity index (χ1v) is 11.3. The van der Waals surface area contributed by atoms with Crippen molar-refractivity contribution < 1.29 is 19.1 Å². The number of imide groups is 1. The number of fused-ring (bicyclic) bond motifs is 1. The average Bonchev–Trinajstić information content (AvgIpc) is 3.09. The maximum Gasteiger partial charge on any atom is 0.255 e. The molecule has 4 aliphatic heterocycles. The van der Waals surface area contributed by atoms with Gasteiger partial charge in [0.05, 0.1) is 0 Å². The number of ether oxygens (including phenoxy) is 1. The first-order chi connectivity index (χ1) is 15.0. The number of amides is 3. The third kappa shape index (κ3) is 3.66. The molecule has 1 aromatic rings. The van der Waals surface area contributed by atoms with Gasteiger partial charge in [0.1, 0.15) is 6.04 Å². The Kier molecular flexibility index (Phi) is 5.32. The molecule has 0 bridgehead atoms. The molecule has 166 valence electrons. The molecule has 0 saturated carbocycles. The highest BCUT2D eigenvalue weighted by molar-refractivity contribution is 6.06. The summed E-state index contributed by atoms with van der Waals surface area (Å²) in [5, 5.41) is 2.37. The molecule has 3 saturated heterocycles. The van der Waals surface area contributed by atoms with E-state index in [9.17, 15) is 14.4 Å². The minimum atomic E-state index is -0.587. The number of hydrogen-bond acceptors (Lipinski definition) is 6. The number of piperidine rings is 2. The number of rotatable bonds is 3. The standard InChI is InChI=1S/C23H30N4O4/c24-17-6-7-23(8-10-31-11-9-23)26(14-17)12-15-2-1-3-16-13-27(22(30)20(15)16)18-4-5-19(28)25-21(18)29/h1-3,17-18H,4-14,24H2,(H,25,28,29). The van der Waals surface area contributed by atoms with Crippen molar-refractivity contribution in [3.05, 3.63) is 34.9 Å². The summed E-state index contributed by atoms with van der Waals surface area (Å²) in [6.45, 7) is 3.43. The molecular weight excluding hydrogens is 396 g/mol. The number of likely N-dealkylation sites (tertiary alicyclic amines) is 1. The molecule has 0 radical (unpaired) electrons. The van der Waals surface area contributed by atoms with Crippen LogP contribution in [0.2, 0.25) is 0 Å². The van der Waals surface area contributed by atoms with E-state index in [1.54, 1.807) is 4.90 Å². The number of nitrogens with two attached hydrogens (primary N) is 1. The molecule has 4 heterocycles. The van der Waals surface area contributed by atoms with E-state index in [1.165, 1.54) is 0 Å². The average molecular weight is 427 g/mol. The fraction of sp³-hybridized carbons (Fsp3) is 0.609. The van der Waals surface area contributed by atoms with Crippen LogP contribution in [0, 0.1) is 0 Å². The molecule has 8 heteroatoms. The molecule has 1 spiro atoms. The largest absolute Gasteiger partial charge is 0.381 e. The van der Waals surface area contributed by atoms with Gasteiger partial charge in [-0.05, 0) is 43.2 Å². The highest BCUT2D eigenvalue weighted by atomic mass is 16.5. The van der Waals surface area contributed by atoms with Crippen molar-refractivity contribution in [1.29, 1.82) is 0 Å². The second-order valence-corrected chi connectivity index (χ2v) is 9.37. The molecule has 3 amide bonds. The third-order valence-corrected chi connectivity index (χ3v) is 7.53. The van der Waals surface area contributed by atoms with Gasteiger partial charge in [0, 0.05) is 56.4 Å². The molecular formula is C23H30N4O4. The number of benzene rings is 1. The second kappa shape index (κ2) is 8.00. The monoisotopic (exact) mass is 426 g/mol. The Bertz CT molecular complexity index is 911. The number of carbonyl (C=O) groups is 3. The molecule has 1 aromatic carbocycles. The van der Waals surface area contributed by atoms with Crippen LogP contribution in [0.1, 0.15) is 60.0 Å². The predicted molar refractivity (Wildman–Crippen MR) is 113 cm³/mol. The molecule has 2 atom stereocenters. The van der Waals surface area contributed by atoms with Crippen molar-refractivity contribution >= 4 is 17.7 Å². The van der Waals surface area contributed by atoms with Gasteiger partial charge in [-0.1, -0.05) is 18.2 Å². The van der Waals surface area contributed by atoms with Crippen LogP contribution >= 0.6 is 0 Å². The second-order valence-electron chi connectivity index (χ2n) is 9.37. The SMILES string of the molecule is NC1CCC2(CCOCC2)N(Cc2cccc3c2C(=O)N(C2CCC(=O)NC2=O)C3)C1. The summed E-state index contributed by atoms with van der Waals surface area (Å²) in [6.07, 6.45) is 4.70. The lowest BCUT2D eigenvalue weighted by atomic mass is 9.78. The van der Waals surface area contributed by atoms with Crippen LogP contribution in [0.5, 0.6) is 0 Å². The molecule has 8 nitrogen and oxygen atoms in total. The minimum absolute atomic E-state index is 0.0851. The van der Waals surface area contributed by atoms with Crippen LogP contribution in [0.25, 0.3) is 0 Å². The van der Waals surface area contributed by atoms with E-state index >= 15 is 0 Å². The lowest BCUT2D eigenvalue weighted by Gasteiger charge is -2.51. The van der Waals surface area contributed by atoms with Crippen molar-refractivity contribution in [3.8, 4) is 0 Å². The van der Waals surface area contributed by atoms with E-state index in [0.717, 1.165) is 56.6 Å². The van der Waals surface area contributed by atoms with Crippen LogP contribution in [0.3, 0.4) is 0 Å². The van der Waals surface area contributed by atoms with Gasteiger partial charge in [-0.15, -0.1) is 0 Å². The number of nitrogens with one attached hydrogen (secondary N) is 1. The highest BCUT2D eigenvalue weighted by Gasteiger charge is 2.44. The van der Waals surface area contributed by atoms with E-state index in [-0.39, 0.29) is 35.7 Å². The summed E-state index contributed by atoms with van der Waals surface area (Å²) >= 11 is 0. The van der Waals surface area contributed by atoms with Crippen molar-refractivity contribution in [2.24, 2.45) is 5.73 Å². The third-order valence-electron chi connectivity index (χ3n) is 7.53. The molecule has 3 N–H and O–H groups in total. The summed E-state index contributed by atoms with van der Waals surface area (Å²) in [5.41, 5.74) is 9.09. The van der Waals surface area contributed by atoms with Crippen LogP contribution in [0.4, 0.5) is 0 Å². The van der Waals surface area contributed by atoms with E-state index in [1.807, 2.05) is 18.2 Å². The van der Waals surface area contributed by atoms with Gasteiger partial charge in [-0.3, -0.25) is 24.6 Å². The Morgan fingerprint density at radius 1 is 1.13 bits per heavy atom. The first-order valence-electron chi connectivity index (χ1n) is 11.3. The van der Waals surface area contributed by atoms with Crippen LogP contribution in [-0.2, 0) is 27.4 Å². The predicted octanol–water partition coefficient (Wildman–Crippen LogP) is 0.920. The summed E-state index contributed by atoms with van der Waals surface area (Å²) in [4.78, 5) is 41.4. The van der Waals surface area contributed by atoms with Crippen molar-refractivity contribution in [1.82, 2.24) is 15.1 Å². The molecule has 3 fully saturated rings. The fourth-order valence-corrected chi connectivity index (χ4v) is 5.76. The quantitative estimate of drug-likeness (QED) is 0.697. The summed E-state index contributed by atoms with van der Waals surface area (Å²) in [6, 6.07) is 5.54. The number of carbonyl (C=O) groups excluding carboxylic acids is 3. The van der Waals surface area contributed by atoms with Gasteiger partial charge in [-0.2, -0.15) is 0 Å². The Balaban J connectivity index is 1.41. The number of hydrogen-bond donors (Lipinski definition) is 2. The van der Waals surface area contributed by atoms with Crippen molar-refractivity contribution in [3.63, 3.8) is 0 Å². The molecule has 5 rings (SSSR count). The smallest absolute Gasteiger partial charge is 0.255 e. The Hall–Kier alpha value is -2.29. The Morgan fingerprint density at radius 2 is 1.94 bits per heavy atom. The summed E-state index contributed by atoms with van der Waals surface area (Å²) in [5.74, 6) is -0.751. The van der Waals surface area contributed by atoms with Crippen molar-refractivity contribution in [2.45, 2.75) is 69.2 Å². The van der Waals surface area contributed by atoms with Gasteiger partial charge >= 0.3 is 0 Å². The van der Waals surface area contributed by atoms with Crippen LogP contribution < -0.4 is 11.1 Å². The summed E-state index contributed by atoms with van der Waals surface area (Å²) < 4.78 is 5.63.